The van der Waals surface area contributed by atoms with Gasteiger partial charge in [0.15, 0.2) is 17.2 Å². The standard InChI is InChI=1S/C26H24ClF2N7O3/c1-13(24-33-16-7-4-6-15(27)18(16)26(37)35(24)10-5-11-38-2)36-25-19(23(30)31-12-32-25)22(34-36)14-8-9-17(39-3)21(29)20(14)28/h4,6-9,12-13H,5,10-11H2,1-3H3,(H2,30,31,32). The number of ether oxygens (including phenoxy) is 2. The number of nitrogens with two attached hydrogens (primary N) is 1. The monoisotopic (exact) mass is 555 g/mol. The number of fused-ring (bicyclic) bond motifs is 2. The first-order valence-corrected chi connectivity index (χ1v) is 12.3. The van der Waals surface area contributed by atoms with Crippen LogP contribution in [-0.2, 0) is 11.3 Å². The van der Waals surface area contributed by atoms with Crippen LogP contribution in [0.5, 0.6) is 5.75 Å². The van der Waals surface area contributed by atoms with Crippen molar-refractivity contribution in [2.45, 2.75) is 25.9 Å². The average Bonchev–Trinajstić information content (AvgIpc) is 3.31. The van der Waals surface area contributed by atoms with E-state index in [4.69, 9.17) is 31.8 Å². The summed E-state index contributed by atoms with van der Waals surface area (Å²) in [6.45, 7) is 2.48. The Morgan fingerprint density at radius 3 is 2.64 bits per heavy atom. The molecule has 0 saturated carbocycles. The molecule has 2 aromatic carbocycles. The quantitative estimate of drug-likeness (QED) is 0.280. The van der Waals surface area contributed by atoms with Gasteiger partial charge in [0.05, 0.1) is 28.4 Å². The lowest BCUT2D eigenvalue weighted by molar-refractivity contribution is 0.189. The Bertz CT molecular complexity index is 1770. The van der Waals surface area contributed by atoms with E-state index in [1.807, 2.05) is 0 Å². The number of methoxy groups -OCH3 is 2. The topological polar surface area (TPSA) is 123 Å². The molecule has 0 fully saturated rings. The normalized spacial score (nSPS) is 12.4. The minimum Gasteiger partial charge on any atom is -0.494 e. The zero-order valence-corrected chi connectivity index (χ0v) is 22.0. The van der Waals surface area contributed by atoms with E-state index in [0.717, 1.165) is 0 Å². The summed E-state index contributed by atoms with van der Waals surface area (Å²) in [6, 6.07) is 6.98. The van der Waals surface area contributed by atoms with Gasteiger partial charge in [0, 0.05) is 25.8 Å². The molecule has 39 heavy (non-hydrogen) atoms. The Labute approximate surface area is 226 Å². The SMILES string of the molecule is COCCCn1c(C(C)n2nc(-c3ccc(OC)c(F)c3F)c3c(N)ncnc32)nc2cccc(Cl)c2c1=O. The molecule has 0 spiro atoms. The fraction of sp³-hybridized carbons (Fsp3) is 0.269. The Balaban J connectivity index is 1.75. The van der Waals surface area contributed by atoms with E-state index in [9.17, 15) is 9.18 Å². The summed E-state index contributed by atoms with van der Waals surface area (Å²) in [5.41, 5.74) is 6.40. The van der Waals surface area contributed by atoms with Gasteiger partial charge in [-0.3, -0.25) is 9.36 Å². The van der Waals surface area contributed by atoms with Crippen molar-refractivity contribution in [1.29, 1.82) is 0 Å². The number of hydrogen-bond donors (Lipinski definition) is 1. The van der Waals surface area contributed by atoms with Gasteiger partial charge in [-0.1, -0.05) is 17.7 Å². The predicted molar refractivity (Wildman–Crippen MR) is 143 cm³/mol. The van der Waals surface area contributed by atoms with Crippen LogP contribution >= 0.6 is 11.6 Å². The second-order valence-corrected chi connectivity index (χ2v) is 9.18. The first kappa shape index (κ1) is 26.4. The molecule has 0 aliphatic carbocycles. The van der Waals surface area contributed by atoms with Gasteiger partial charge >= 0.3 is 0 Å². The van der Waals surface area contributed by atoms with E-state index in [2.05, 4.69) is 15.1 Å². The number of benzene rings is 2. The van der Waals surface area contributed by atoms with Crippen molar-refractivity contribution in [3.8, 4) is 17.0 Å². The van der Waals surface area contributed by atoms with Gasteiger partial charge in [0.2, 0.25) is 5.82 Å². The van der Waals surface area contributed by atoms with Crippen molar-refractivity contribution in [3.05, 3.63) is 69.5 Å². The first-order chi connectivity index (χ1) is 18.8. The van der Waals surface area contributed by atoms with E-state index in [0.29, 0.717) is 36.3 Å². The summed E-state index contributed by atoms with van der Waals surface area (Å²) in [6.07, 6.45) is 1.78. The number of halogens is 3. The zero-order valence-electron chi connectivity index (χ0n) is 21.3. The summed E-state index contributed by atoms with van der Waals surface area (Å²) in [7, 11) is 2.82. The summed E-state index contributed by atoms with van der Waals surface area (Å²) < 4.78 is 42.8. The van der Waals surface area contributed by atoms with Gasteiger partial charge in [-0.05, 0) is 37.6 Å². The molecule has 1 unspecified atom stereocenters. The average molecular weight is 556 g/mol. The Morgan fingerprint density at radius 2 is 1.90 bits per heavy atom. The zero-order chi connectivity index (χ0) is 27.8. The van der Waals surface area contributed by atoms with Crippen molar-refractivity contribution < 1.29 is 18.3 Å². The smallest absolute Gasteiger partial charge is 0.262 e. The molecule has 10 nitrogen and oxygen atoms in total. The number of hydrogen-bond acceptors (Lipinski definition) is 8. The Hall–Kier alpha value is -4.16. The molecule has 1 atom stereocenters. The van der Waals surface area contributed by atoms with Gasteiger partial charge in [-0.25, -0.2) is 24.0 Å². The molecule has 0 aliphatic heterocycles. The molecule has 0 amide bonds. The minimum atomic E-state index is -1.17. The molecular formula is C26H24ClF2N7O3. The molecule has 5 rings (SSSR count). The first-order valence-electron chi connectivity index (χ1n) is 12.0. The molecule has 13 heteroatoms. The van der Waals surface area contributed by atoms with E-state index in [-0.39, 0.29) is 44.4 Å². The highest BCUT2D eigenvalue weighted by atomic mass is 35.5. The summed E-state index contributed by atoms with van der Waals surface area (Å²) >= 11 is 6.36. The van der Waals surface area contributed by atoms with Crippen LogP contribution in [0.4, 0.5) is 14.6 Å². The highest BCUT2D eigenvalue weighted by molar-refractivity contribution is 6.35. The van der Waals surface area contributed by atoms with Gasteiger partial charge < -0.3 is 15.2 Å². The molecule has 0 aliphatic rings. The maximum atomic E-state index is 15.2. The lowest BCUT2D eigenvalue weighted by Crippen LogP contribution is -2.29. The molecule has 3 aromatic heterocycles. The second-order valence-electron chi connectivity index (χ2n) is 8.78. The van der Waals surface area contributed by atoms with Crippen LogP contribution in [-0.4, -0.2) is 50.1 Å². The second kappa shape index (κ2) is 10.5. The summed E-state index contributed by atoms with van der Waals surface area (Å²) in [4.78, 5) is 26.7. The number of aromatic nitrogens is 6. The van der Waals surface area contributed by atoms with Crippen molar-refractivity contribution in [3.63, 3.8) is 0 Å². The molecule has 3 heterocycles. The molecular weight excluding hydrogens is 532 g/mol. The van der Waals surface area contributed by atoms with E-state index in [1.165, 1.54) is 34.8 Å². The third-order valence-corrected chi connectivity index (χ3v) is 6.79. The molecule has 0 saturated heterocycles. The molecule has 2 N–H and O–H groups in total. The van der Waals surface area contributed by atoms with E-state index < -0.39 is 17.7 Å². The molecule has 0 bridgehead atoms. The molecule has 0 radical (unpaired) electrons. The predicted octanol–water partition coefficient (Wildman–Crippen LogP) is 4.37. The lowest BCUT2D eigenvalue weighted by atomic mass is 10.1. The fourth-order valence-corrected chi connectivity index (χ4v) is 4.83. The van der Waals surface area contributed by atoms with Crippen LogP contribution in [0.15, 0.2) is 41.5 Å². The van der Waals surface area contributed by atoms with Gasteiger partial charge in [-0.2, -0.15) is 9.49 Å². The van der Waals surface area contributed by atoms with Crippen LogP contribution < -0.4 is 16.0 Å². The van der Waals surface area contributed by atoms with Crippen LogP contribution in [0.25, 0.3) is 33.2 Å². The number of rotatable bonds is 8. The maximum absolute atomic E-state index is 15.2. The van der Waals surface area contributed by atoms with Gasteiger partial charge in [-0.15, -0.1) is 0 Å². The van der Waals surface area contributed by atoms with Crippen molar-refractivity contribution in [2.24, 2.45) is 0 Å². The summed E-state index contributed by atoms with van der Waals surface area (Å²) in [5, 5.41) is 5.40. The fourth-order valence-electron chi connectivity index (χ4n) is 4.58. The van der Waals surface area contributed by atoms with Crippen LogP contribution in [0.2, 0.25) is 5.02 Å². The van der Waals surface area contributed by atoms with Crippen LogP contribution in [0.1, 0.15) is 25.2 Å². The van der Waals surface area contributed by atoms with Gasteiger partial charge in [0.25, 0.3) is 5.56 Å². The number of nitrogen functional groups attached to an aromatic ring is 1. The summed E-state index contributed by atoms with van der Waals surface area (Å²) in [5.74, 6) is -2.19. The number of nitrogens with zero attached hydrogens (tertiary/aromatic N) is 6. The van der Waals surface area contributed by atoms with Gasteiger partial charge in [0.1, 0.15) is 29.7 Å². The lowest BCUT2D eigenvalue weighted by Gasteiger charge is -2.19. The van der Waals surface area contributed by atoms with E-state index in [1.54, 1.807) is 32.2 Å². The molecule has 202 valence electrons. The third kappa shape index (κ3) is 4.45. The number of anilines is 1. The van der Waals surface area contributed by atoms with Crippen LogP contribution in [0.3, 0.4) is 0 Å². The van der Waals surface area contributed by atoms with Crippen LogP contribution in [0, 0.1) is 11.6 Å². The highest BCUT2D eigenvalue weighted by Gasteiger charge is 2.27. The van der Waals surface area contributed by atoms with Crippen molar-refractivity contribution >= 4 is 39.4 Å². The van der Waals surface area contributed by atoms with Crippen molar-refractivity contribution in [1.82, 2.24) is 29.3 Å². The molecule has 5 aromatic rings. The maximum Gasteiger partial charge on any atom is 0.262 e. The third-order valence-electron chi connectivity index (χ3n) is 6.47. The van der Waals surface area contributed by atoms with Crippen molar-refractivity contribution in [2.75, 3.05) is 26.6 Å². The Kier molecular flexibility index (Phi) is 7.15. The van der Waals surface area contributed by atoms with E-state index >= 15 is 4.39 Å². The largest absolute Gasteiger partial charge is 0.494 e. The Morgan fingerprint density at radius 1 is 1.10 bits per heavy atom. The minimum absolute atomic E-state index is 0.0276. The highest BCUT2D eigenvalue weighted by Crippen LogP contribution is 2.36.